The van der Waals surface area contributed by atoms with Crippen LogP contribution in [-0.2, 0) is 11.2 Å². The molecule has 0 unspecified atom stereocenters. The Morgan fingerprint density at radius 3 is 2.87 bits per heavy atom. The first-order valence-electron chi connectivity index (χ1n) is 4.99. The SMILES string of the molecule is COc1cccc(CC(=O)C2(Cl)CC2)c1. The van der Waals surface area contributed by atoms with Crippen LogP contribution < -0.4 is 4.74 Å². The van der Waals surface area contributed by atoms with Gasteiger partial charge in [-0.2, -0.15) is 0 Å². The van der Waals surface area contributed by atoms with Gasteiger partial charge >= 0.3 is 0 Å². The molecule has 1 aliphatic rings. The van der Waals surface area contributed by atoms with Gasteiger partial charge in [-0.05, 0) is 30.5 Å². The molecule has 0 aromatic heterocycles. The van der Waals surface area contributed by atoms with E-state index in [1.807, 2.05) is 24.3 Å². The average Bonchev–Trinajstić information content (AvgIpc) is 2.98. The lowest BCUT2D eigenvalue weighted by Crippen LogP contribution is -2.17. The molecule has 2 rings (SSSR count). The van der Waals surface area contributed by atoms with E-state index in [1.165, 1.54) is 0 Å². The van der Waals surface area contributed by atoms with E-state index < -0.39 is 4.87 Å². The van der Waals surface area contributed by atoms with Crippen LogP contribution in [0.25, 0.3) is 0 Å². The molecule has 0 N–H and O–H groups in total. The summed E-state index contributed by atoms with van der Waals surface area (Å²) in [6.07, 6.45) is 2.04. The van der Waals surface area contributed by atoms with Crippen molar-refractivity contribution in [2.45, 2.75) is 24.1 Å². The molecule has 1 aliphatic carbocycles. The van der Waals surface area contributed by atoms with Crippen LogP contribution in [0.15, 0.2) is 24.3 Å². The van der Waals surface area contributed by atoms with Gasteiger partial charge in [-0.15, -0.1) is 11.6 Å². The normalized spacial score (nSPS) is 17.2. The van der Waals surface area contributed by atoms with Crippen LogP contribution in [0, 0.1) is 0 Å². The molecule has 1 saturated carbocycles. The number of halogens is 1. The molecule has 2 nitrogen and oxygen atoms in total. The van der Waals surface area contributed by atoms with E-state index in [0.717, 1.165) is 24.2 Å². The van der Waals surface area contributed by atoms with Crippen LogP contribution in [-0.4, -0.2) is 17.8 Å². The molecule has 1 fully saturated rings. The molecule has 80 valence electrons. The van der Waals surface area contributed by atoms with E-state index in [0.29, 0.717) is 6.42 Å². The van der Waals surface area contributed by atoms with Gasteiger partial charge in [0.25, 0.3) is 0 Å². The molecule has 1 aromatic rings. The zero-order valence-electron chi connectivity index (χ0n) is 8.63. The minimum atomic E-state index is -0.553. The molecular formula is C12H13ClO2. The summed E-state index contributed by atoms with van der Waals surface area (Å²) in [5, 5.41) is 0. The summed E-state index contributed by atoms with van der Waals surface area (Å²) in [5.74, 6) is 0.900. The smallest absolute Gasteiger partial charge is 0.158 e. The zero-order chi connectivity index (χ0) is 10.9. The molecule has 15 heavy (non-hydrogen) atoms. The number of rotatable bonds is 4. The van der Waals surface area contributed by atoms with Gasteiger partial charge in [-0.1, -0.05) is 12.1 Å². The number of Topliss-reactive ketones (excluding diaryl/α,β-unsaturated/α-hetero) is 1. The van der Waals surface area contributed by atoms with Crippen LogP contribution in [0.2, 0.25) is 0 Å². The quantitative estimate of drug-likeness (QED) is 0.735. The Morgan fingerprint density at radius 2 is 2.27 bits per heavy atom. The summed E-state index contributed by atoms with van der Waals surface area (Å²) in [5.41, 5.74) is 0.964. The number of alkyl halides is 1. The monoisotopic (exact) mass is 224 g/mol. The maximum atomic E-state index is 11.7. The van der Waals surface area contributed by atoms with Crippen molar-refractivity contribution in [1.29, 1.82) is 0 Å². The number of hydrogen-bond donors (Lipinski definition) is 0. The lowest BCUT2D eigenvalue weighted by molar-refractivity contribution is -0.118. The molecule has 0 aliphatic heterocycles. The predicted molar refractivity (Wildman–Crippen MR) is 59.5 cm³/mol. The van der Waals surface area contributed by atoms with Gasteiger partial charge in [0.15, 0.2) is 5.78 Å². The molecule has 0 bridgehead atoms. The number of methoxy groups -OCH3 is 1. The fourth-order valence-electron chi connectivity index (χ4n) is 1.51. The van der Waals surface area contributed by atoms with Gasteiger partial charge in [-0.3, -0.25) is 4.79 Å². The molecule has 0 spiro atoms. The van der Waals surface area contributed by atoms with E-state index >= 15 is 0 Å². The highest BCUT2D eigenvalue weighted by molar-refractivity contribution is 6.37. The Balaban J connectivity index is 2.07. The highest BCUT2D eigenvalue weighted by Gasteiger charge is 2.47. The average molecular weight is 225 g/mol. The highest BCUT2D eigenvalue weighted by Crippen LogP contribution is 2.44. The van der Waals surface area contributed by atoms with Gasteiger partial charge in [-0.25, -0.2) is 0 Å². The van der Waals surface area contributed by atoms with Crippen molar-refractivity contribution in [3.05, 3.63) is 29.8 Å². The maximum Gasteiger partial charge on any atom is 0.158 e. The number of hydrogen-bond acceptors (Lipinski definition) is 2. The van der Waals surface area contributed by atoms with Crippen LogP contribution in [0.4, 0.5) is 0 Å². The minimum Gasteiger partial charge on any atom is -0.497 e. The lowest BCUT2D eigenvalue weighted by Gasteiger charge is -2.06. The molecule has 0 radical (unpaired) electrons. The van der Waals surface area contributed by atoms with Crippen molar-refractivity contribution in [3.8, 4) is 5.75 Å². The predicted octanol–water partition coefficient (Wildman–Crippen LogP) is 2.58. The van der Waals surface area contributed by atoms with Gasteiger partial charge in [0, 0.05) is 6.42 Å². The molecule has 0 heterocycles. The maximum absolute atomic E-state index is 11.7. The number of carbonyl (C=O) groups excluding carboxylic acids is 1. The largest absolute Gasteiger partial charge is 0.497 e. The van der Waals surface area contributed by atoms with Crippen LogP contribution in [0.5, 0.6) is 5.75 Å². The van der Waals surface area contributed by atoms with Crippen LogP contribution in [0.1, 0.15) is 18.4 Å². The third-order valence-corrected chi connectivity index (χ3v) is 3.28. The zero-order valence-corrected chi connectivity index (χ0v) is 9.38. The summed E-state index contributed by atoms with van der Waals surface area (Å²) < 4.78 is 5.09. The van der Waals surface area contributed by atoms with E-state index in [1.54, 1.807) is 7.11 Å². The molecule has 0 atom stereocenters. The molecular weight excluding hydrogens is 212 g/mol. The highest BCUT2D eigenvalue weighted by atomic mass is 35.5. The van der Waals surface area contributed by atoms with Crippen molar-refractivity contribution in [2.75, 3.05) is 7.11 Å². The Labute approximate surface area is 94.2 Å². The van der Waals surface area contributed by atoms with E-state index in [9.17, 15) is 4.79 Å². The van der Waals surface area contributed by atoms with Crippen molar-refractivity contribution < 1.29 is 9.53 Å². The second kappa shape index (κ2) is 3.86. The third-order valence-electron chi connectivity index (χ3n) is 2.69. The molecule has 1 aromatic carbocycles. The van der Waals surface area contributed by atoms with E-state index in [2.05, 4.69) is 0 Å². The van der Waals surface area contributed by atoms with Crippen molar-refractivity contribution in [3.63, 3.8) is 0 Å². The first-order valence-corrected chi connectivity index (χ1v) is 5.37. The summed E-state index contributed by atoms with van der Waals surface area (Å²) >= 11 is 6.04. The van der Waals surface area contributed by atoms with Crippen LogP contribution in [0.3, 0.4) is 0 Å². The fraction of sp³-hybridized carbons (Fsp3) is 0.417. The second-order valence-corrected chi connectivity index (χ2v) is 4.64. The number of carbonyl (C=O) groups is 1. The van der Waals surface area contributed by atoms with Gasteiger partial charge in [0.05, 0.1) is 7.11 Å². The topological polar surface area (TPSA) is 26.3 Å². The molecule has 0 amide bonds. The third kappa shape index (κ3) is 2.32. The molecule has 3 heteroatoms. The Morgan fingerprint density at radius 1 is 1.53 bits per heavy atom. The Hall–Kier alpha value is -1.02. The van der Waals surface area contributed by atoms with Crippen molar-refractivity contribution in [1.82, 2.24) is 0 Å². The summed E-state index contributed by atoms with van der Waals surface area (Å²) in [6.45, 7) is 0. The fourth-order valence-corrected chi connectivity index (χ4v) is 1.68. The number of ether oxygens (including phenoxy) is 1. The summed E-state index contributed by atoms with van der Waals surface area (Å²) in [7, 11) is 1.62. The minimum absolute atomic E-state index is 0.123. The number of ketones is 1. The second-order valence-electron chi connectivity index (χ2n) is 3.92. The Bertz CT molecular complexity index is 383. The van der Waals surface area contributed by atoms with E-state index in [4.69, 9.17) is 16.3 Å². The first-order chi connectivity index (χ1) is 7.14. The first kappa shape index (κ1) is 10.5. The van der Waals surface area contributed by atoms with E-state index in [-0.39, 0.29) is 5.78 Å². The summed E-state index contributed by atoms with van der Waals surface area (Å²) in [4.78, 5) is 11.2. The van der Waals surface area contributed by atoms with Crippen LogP contribution >= 0.6 is 11.6 Å². The van der Waals surface area contributed by atoms with Gasteiger partial charge in [0.2, 0.25) is 0 Å². The number of benzene rings is 1. The lowest BCUT2D eigenvalue weighted by atomic mass is 10.1. The van der Waals surface area contributed by atoms with Gasteiger partial charge < -0.3 is 4.74 Å². The van der Waals surface area contributed by atoms with Gasteiger partial charge in [0.1, 0.15) is 10.6 Å². The van der Waals surface area contributed by atoms with Crippen molar-refractivity contribution in [2.24, 2.45) is 0 Å². The molecule has 0 saturated heterocycles. The summed E-state index contributed by atoms with van der Waals surface area (Å²) in [6, 6.07) is 7.54. The Kier molecular flexibility index (Phi) is 2.70. The standard InChI is InChI=1S/C12H13ClO2/c1-15-10-4-2-3-9(7-10)8-11(14)12(13)5-6-12/h2-4,7H,5-6,8H2,1H3. The van der Waals surface area contributed by atoms with Crippen molar-refractivity contribution >= 4 is 17.4 Å².